The van der Waals surface area contributed by atoms with Gasteiger partial charge in [0.2, 0.25) is 53.2 Å². The van der Waals surface area contributed by atoms with Gasteiger partial charge in [-0.1, -0.05) is 96.8 Å². The van der Waals surface area contributed by atoms with E-state index in [1.807, 2.05) is 0 Å². The van der Waals surface area contributed by atoms with Gasteiger partial charge in [-0.15, -0.1) is 0 Å². The molecule has 0 aromatic rings. The lowest BCUT2D eigenvalue weighted by atomic mass is 10.0. The zero-order valence-electron chi connectivity index (χ0n) is 69.1. The van der Waals surface area contributed by atoms with Crippen LogP contribution >= 0.6 is 0 Å². The number of hydrogen-bond acceptors (Lipinski definition) is 17. The van der Waals surface area contributed by atoms with E-state index in [2.05, 4.69) is 89.4 Å². The van der Waals surface area contributed by atoms with Crippen LogP contribution in [-0.4, -0.2) is 202 Å². The first-order valence-electron chi connectivity index (χ1n) is 41.5. The summed E-state index contributed by atoms with van der Waals surface area (Å²) in [5.74, 6) is -8.08. The van der Waals surface area contributed by atoms with Crippen LogP contribution in [0.2, 0.25) is 0 Å². The molecule has 0 aromatic heterocycles. The lowest BCUT2D eigenvalue weighted by Crippen LogP contribution is -2.60. The van der Waals surface area contributed by atoms with Crippen molar-refractivity contribution in [2.24, 2.45) is 137 Å². The van der Waals surface area contributed by atoms with Gasteiger partial charge in [0.1, 0.15) is 48.3 Å². The summed E-state index contributed by atoms with van der Waals surface area (Å²) in [4.78, 5) is 163. The highest BCUT2D eigenvalue weighted by atomic mass is 16.2. The second-order valence-corrected chi connectivity index (χ2v) is 29.1. The zero-order chi connectivity index (χ0) is 86.7. The Morgan fingerprint density at radius 3 is 0.526 bits per heavy atom. The normalized spacial score (nSPS) is 12.9. The maximum absolute atomic E-state index is 15.1. The molecule has 664 valence electrons. The molecule has 0 fully saturated rings. The van der Waals surface area contributed by atoms with Gasteiger partial charge < -0.3 is 140 Å². The fourth-order valence-corrected chi connectivity index (χ4v) is 12.3. The molecule has 42 nitrogen and oxygen atoms in total. The Balaban J connectivity index is 7.70. The van der Waals surface area contributed by atoms with Gasteiger partial charge >= 0.3 is 0 Å². The van der Waals surface area contributed by atoms with E-state index in [0.29, 0.717) is 77.0 Å². The Labute approximate surface area is 685 Å². The summed E-state index contributed by atoms with van der Waals surface area (Å²) >= 11 is 0. The first kappa shape index (κ1) is 105. The summed E-state index contributed by atoms with van der Waals surface area (Å²) in [7, 11) is 0. The van der Waals surface area contributed by atoms with Gasteiger partial charge in [-0.2, -0.15) is 0 Å². The third-order valence-corrected chi connectivity index (χ3v) is 18.7. The number of nitrogens with zero attached hydrogens (tertiary/aromatic N) is 8. The molecule has 0 aliphatic heterocycles. The molecule has 0 aliphatic carbocycles. The van der Waals surface area contributed by atoms with Crippen molar-refractivity contribution in [2.45, 2.75) is 312 Å². The van der Waals surface area contributed by atoms with E-state index >= 15 is 14.4 Å². The molecule has 9 amide bonds. The predicted octanol–water partition coefficient (Wildman–Crippen LogP) is -2.84. The van der Waals surface area contributed by atoms with Crippen LogP contribution in [0.5, 0.6) is 0 Å². The van der Waals surface area contributed by atoms with Crippen LogP contribution in [0.15, 0.2) is 39.9 Å². The number of aliphatic imine (C=N–C) groups is 8. The van der Waals surface area contributed by atoms with Crippen molar-refractivity contribution in [3.8, 4) is 0 Å². The average Bonchev–Trinajstić information content (AvgIpc) is 0.894. The Bertz CT molecular complexity index is 3050. The largest absolute Gasteiger partial charge is 0.370 e. The van der Waals surface area contributed by atoms with Crippen LogP contribution in [0.4, 0.5) is 0 Å². The van der Waals surface area contributed by atoms with Crippen molar-refractivity contribution in [1.82, 2.24) is 42.5 Å². The van der Waals surface area contributed by atoms with Crippen molar-refractivity contribution in [3.05, 3.63) is 0 Å². The summed E-state index contributed by atoms with van der Waals surface area (Å²) in [6.07, 6.45) is 22.6. The number of nitrogens with one attached hydrogen (secondary N) is 8. The summed E-state index contributed by atoms with van der Waals surface area (Å²) in [6, 6.07) is -10.6. The fourth-order valence-electron chi connectivity index (χ4n) is 12.3. The van der Waals surface area contributed by atoms with E-state index in [0.717, 1.165) is 25.7 Å². The monoisotopic (exact) mass is 1640 g/mol. The smallest absolute Gasteiger partial charge is 0.243 e. The number of amides is 9. The molecule has 42 N–H and O–H groups in total. The zero-order valence-corrected chi connectivity index (χ0v) is 69.1. The molecular weight excluding hydrogens is 1500 g/mol. The average molecular weight is 1650 g/mol. The van der Waals surface area contributed by atoms with E-state index in [-0.39, 0.29) is 196 Å². The highest BCUT2D eigenvalue weighted by molar-refractivity contribution is 5.98. The molecule has 0 unspecified atom stereocenters. The lowest BCUT2D eigenvalue weighted by molar-refractivity contribution is -0.136. The molecule has 0 radical (unpaired) electrons. The van der Waals surface area contributed by atoms with Crippen molar-refractivity contribution in [1.29, 1.82) is 0 Å². The summed E-state index contributed by atoms with van der Waals surface area (Å²) in [5.41, 5.74) is 95.3. The Morgan fingerprint density at radius 2 is 0.353 bits per heavy atom. The quantitative estimate of drug-likeness (QED) is 0.0166. The minimum atomic E-state index is -1.44. The predicted molar refractivity (Wildman–Crippen MR) is 460 cm³/mol. The van der Waals surface area contributed by atoms with Crippen LogP contribution in [0.3, 0.4) is 0 Å². The highest BCUT2D eigenvalue weighted by Gasteiger charge is 2.35. The third-order valence-electron chi connectivity index (χ3n) is 18.7. The number of carbonyl (C=O) groups excluding carboxylic acids is 9. The molecule has 0 aromatic carbocycles. The van der Waals surface area contributed by atoms with Crippen LogP contribution in [-0.2, 0) is 43.2 Å². The first-order valence-corrected chi connectivity index (χ1v) is 41.5. The van der Waals surface area contributed by atoms with Gasteiger partial charge in [-0.25, -0.2) is 0 Å². The molecule has 0 heterocycles. The number of carbonyl (C=O) groups is 9. The van der Waals surface area contributed by atoms with Gasteiger partial charge in [0.05, 0.1) is 0 Å². The standard InChI is InChI=1S/C74H149N33O9/c1-2-3-4-5-6-7-8-9-10-11-12-13-14-15-16-41-58(108)100-51(34-18-26-43-93-68(78)79)60(110)102-53(36-20-28-45-95-70(82)83)62(112)104-55(38-22-30-47-97-72(86)87)64(114)106-57(40-24-32-49-99-74(90)91)66(116)107-56(39-23-31-48-98-73(88)89)65(115)105-54(37-21-29-46-96-71(84)85)63(113)103-52(35-19-27-44-94-69(80)81)61(111)101-50(59(75)109)33-17-25-42-92-67(76)77/h50-57H,2-49H2,1H3,(H2,75,109)(H,100,108)(H,101,111)(H,102,110)(H,103,113)(H,104,112)(H,105,115)(H,106,114)(H,107,116)(H4,76,77,92)(H4,78,79,93)(H4,80,81,94)(H4,82,83,95)(H4,84,85,96)(H4,86,87,97)(H4,88,89,98)(H4,90,91,99)/t50-,51-,52-,53-,54-,55-,56-,57-/m0/s1. The third kappa shape index (κ3) is 60.0. The molecule has 0 rings (SSSR count). The van der Waals surface area contributed by atoms with Gasteiger partial charge in [0, 0.05) is 58.8 Å². The van der Waals surface area contributed by atoms with Crippen LogP contribution in [0.25, 0.3) is 0 Å². The van der Waals surface area contributed by atoms with Crippen molar-refractivity contribution in [2.75, 3.05) is 52.4 Å². The number of hydrogen-bond donors (Lipinski definition) is 25. The van der Waals surface area contributed by atoms with Gasteiger partial charge in [0.25, 0.3) is 0 Å². The second-order valence-electron chi connectivity index (χ2n) is 29.1. The van der Waals surface area contributed by atoms with Crippen LogP contribution in [0, 0.1) is 0 Å². The number of unbranched alkanes of at least 4 members (excludes halogenated alkanes) is 22. The highest BCUT2D eigenvalue weighted by Crippen LogP contribution is 2.17. The van der Waals surface area contributed by atoms with E-state index in [4.69, 9.17) is 97.5 Å². The Hall–Kier alpha value is -10.6. The number of primary amides is 1. The van der Waals surface area contributed by atoms with Crippen molar-refractivity contribution >= 4 is 101 Å². The Morgan fingerprint density at radius 1 is 0.198 bits per heavy atom. The van der Waals surface area contributed by atoms with Gasteiger partial charge in [-0.3, -0.25) is 83.1 Å². The van der Waals surface area contributed by atoms with E-state index in [1.54, 1.807) is 0 Å². The minimum absolute atomic E-state index is 0.000900. The van der Waals surface area contributed by atoms with Crippen LogP contribution in [0.1, 0.15) is 264 Å². The fraction of sp³-hybridized carbons (Fsp3) is 0.770. The van der Waals surface area contributed by atoms with E-state index in [9.17, 15) is 28.8 Å². The summed E-state index contributed by atoms with van der Waals surface area (Å²) in [5, 5.41) is 22.4. The van der Waals surface area contributed by atoms with E-state index in [1.165, 1.54) is 64.2 Å². The maximum atomic E-state index is 15.1. The van der Waals surface area contributed by atoms with Gasteiger partial charge in [0.15, 0.2) is 47.7 Å². The van der Waals surface area contributed by atoms with Gasteiger partial charge in [-0.05, 0) is 161 Å². The summed E-state index contributed by atoms with van der Waals surface area (Å²) in [6.45, 7) is 3.65. The molecule has 0 spiro atoms. The Kier molecular flexibility index (Phi) is 61.5. The SMILES string of the molecule is CCCCCCCCCCCCCCCCCC(=O)N[C@@H](CCCCN=C(N)N)C(=O)N[C@@H](CCCCN=C(N)N)C(=O)N[C@@H](CCCCN=C(N)N)C(=O)N[C@@H](CCCCN=C(N)N)C(=O)N[C@@H](CCCCN=C(N)N)C(=O)N[C@@H](CCCCN=C(N)N)C(=O)N[C@@H](CCCCN=C(N)N)C(=O)N[C@@H](CCCCN=C(N)N)C(N)=O. The molecule has 0 aliphatic rings. The topological polar surface area (TPSA) is 791 Å². The maximum Gasteiger partial charge on any atom is 0.243 e. The molecule has 0 bridgehead atoms. The minimum Gasteiger partial charge on any atom is -0.370 e. The number of nitrogens with two attached hydrogens (primary N) is 17. The molecule has 116 heavy (non-hydrogen) atoms. The van der Waals surface area contributed by atoms with E-state index < -0.39 is 95.6 Å². The first-order chi connectivity index (χ1) is 55.4. The van der Waals surface area contributed by atoms with Crippen LogP contribution < -0.4 is 140 Å². The number of guanidine groups is 8. The summed E-state index contributed by atoms with van der Waals surface area (Å²) < 4.78 is 0. The molecule has 42 heteroatoms. The van der Waals surface area contributed by atoms with Crippen molar-refractivity contribution in [3.63, 3.8) is 0 Å². The molecule has 0 saturated carbocycles. The molecule has 0 saturated heterocycles. The molecule has 8 atom stereocenters. The molecular formula is C74H149N33O9. The lowest BCUT2D eigenvalue weighted by Gasteiger charge is -2.28. The second kappa shape index (κ2) is 67.7. The number of rotatable bonds is 72. The van der Waals surface area contributed by atoms with Crippen molar-refractivity contribution < 1.29 is 43.2 Å².